The van der Waals surface area contributed by atoms with Gasteiger partial charge in [-0.25, -0.2) is 0 Å². The van der Waals surface area contributed by atoms with Crippen LogP contribution in [0.15, 0.2) is 63.4 Å². The summed E-state index contributed by atoms with van der Waals surface area (Å²) in [6.45, 7) is 3.77. The van der Waals surface area contributed by atoms with Gasteiger partial charge in [0.15, 0.2) is 5.78 Å². The van der Waals surface area contributed by atoms with Crippen LogP contribution in [0.4, 0.5) is 5.69 Å². The van der Waals surface area contributed by atoms with Crippen molar-refractivity contribution in [3.8, 4) is 0 Å². The topological polar surface area (TPSA) is 62.8 Å². The van der Waals surface area contributed by atoms with Crippen LogP contribution < -0.4 is 0 Å². The first-order valence-electron chi connectivity index (χ1n) is 7.65. The van der Waals surface area contributed by atoms with Gasteiger partial charge in [0.25, 0.3) is 0 Å². The van der Waals surface area contributed by atoms with Crippen LogP contribution in [0.5, 0.6) is 0 Å². The fraction of sp³-hybridized carbons (Fsp3) is 0.263. The van der Waals surface area contributed by atoms with Crippen LogP contribution in [-0.4, -0.2) is 16.6 Å². The molecule has 0 bridgehead atoms. The van der Waals surface area contributed by atoms with Crippen LogP contribution >= 0.6 is 0 Å². The number of aryl methyl sites for hydroxylation is 1. The third-order valence-electron chi connectivity index (χ3n) is 4.08. The summed E-state index contributed by atoms with van der Waals surface area (Å²) in [6, 6.07) is 11.4. The lowest BCUT2D eigenvalue weighted by atomic mass is 9.84. The van der Waals surface area contributed by atoms with Gasteiger partial charge in [0.2, 0.25) is 0 Å². The van der Waals surface area contributed by atoms with Crippen LogP contribution in [0.25, 0.3) is 0 Å². The molecule has 1 heterocycles. The Balaban J connectivity index is 1.87. The standard InChI is InChI=1S/C19H19NO3/c1-12-5-7-15(8-6-12)20-13(2)19-16(21)10-14(11-17(19)22)18-4-3-9-23-18/h3-9,14,21H,10-11H2,1-2H3. The fourth-order valence-corrected chi connectivity index (χ4v) is 2.90. The van der Waals surface area contributed by atoms with Crippen LogP contribution in [0.3, 0.4) is 0 Å². The molecule has 0 aliphatic heterocycles. The molecule has 0 saturated carbocycles. The number of aliphatic hydroxyl groups is 1. The number of carbonyl (C=O) groups excluding carboxylic acids is 1. The van der Waals surface area contributed by atoms with E-state index < -0.39 is 0 Å². The van der Waals surface area contributed by atoms with Crippen LogP contribution in [0, 0.1) is 6.92 Å². The summed E-state index contributed by atoms with van der Waals surface area (Å²) in [4.78, 5) is 16.9. The summed E-state index contributed by atoms with van der Waals surface area (Å²) < 4.78 is 5.36. The highest BCUT2D eigenvalue weighted by atomic mass is 16.3. The zero-order valence-corrected chi connectivity index (χ0v) is 13.2. The second kappa shape index (κ2) is 6.24. The Labute approximate surface area is 135 Å². The molecule has 23 heavy (non-hydrogen) atoms. The molecule has 3 rings (SSSR count). The van der Waals surface area contributed by atoms with Crippen molar-refractivity contribution >= 4 is 17.2 Å². The normalized spacial score (nSPS) is 19.3. The predicted molar refractivity (Wildman–Crippen MR) is 89.3 cm³/mol. The maximum Gasteiger partial charge on any atom is 0.168 e. The Bertz CT molecular complexity index is 767. The van der Waals surface area contributed by atoms with E-state index in [0.717, 1.165) is 17.0 Å². The molecule has 1 aliphatic rings. The number of hydrogen-bond donors (Lipinski definition) is 1. The lowest BCUT2D eigenvalue weighted by molar-refractivity contribution is -0.116. The molecular formula is C19H19NO3. The molecule has 0 fully saturated rings. The van der Waals surface area contributed by atoms with E-state index in [-0.39, 0.29) is 17.5 Å². The summed E-state index contributed by atoms with van der Waals surface area (Å²) in [7, 11) is 0. The van der Waals surface area contributed by atoms with E-state index in [9.17, 15) is 9.90 Å². The molecule has 0 saturated heterocycles. The first-order valence-corrected chi connectivity index (χ1v) is 7.65. The second-order valence-electron chi connectivity index (χ2n) is 5.90. The fourth-order valence-electron chi connectivity index (χ4n) is 2.90. The number of aliphatic hydroxyl groups excluding tert-OH is 1. The third-order valence-corrected chi connectivity index (χ3v) is 4.08. The second-order valence-corrected chi connectivity index (χ2v) is 5.90. The lowest BCUT2D eigenvalue weighted by Gasteiger charge is -2.21. The van der Waals surface area contributed by atoms with Gasteiger partial charge in [0.05, 0.1) is 23.2 Å². The minimum Gasteiger partial charge on any atom is -0.511 e. The number of benzene rings is 1. The molecule has 1 unspecified atom stereocenters. The molecule has 4 heteroatoms. The van der Waals surface area contributed by atoms with E-state index in [2.05, 4.69) is 4.99 Å². The Morgan fingerprint density at radius 2 is 1.96 bits per heavy atom. The zero-order valence-electron chi connectivity index (χ0n) is 13.2. The predicted octanol–water partition coefficient (Wildman–Crippen LogP) is 4.64. The number of furan rings is 1. The summed E-state index contributed by atoms with van der Waals surface area (Å²) in [6.07, 6.45) is 2.31. The van der Waals surface area contributed by atoms with Crippen LogP contribution in [0.1, 0.15) is 37.0 Å². The SMILES string of the molecule is CC(=Nc1ccc(C)cc1)C1=C(O)CC(c2ccco2)CC1=O. The highest BCUT2D eigenvalue weighted by Crippen LogP contribution is 2.34. The van der Waals surface area contributed by atoms with Gasteiger partial charge in [0.1, 0.15) is 11.5 Å². The molecule has 0 amide bonds. The van der Waals surface area contributed by atoms with Crippen molar-refractivity contribution in [2.24, 2.45) is 4.99 Å². The smallest absolute Gasteiger partial charge is 0.168 e. The first-order chi connectivity index (χ1) is 11.0. The zero-order chi connectivity index (χ0) is 16.4. The van der Waals surface area contributed by atoms with Gasteiger partial charge >= 0.3 is 0 Å². The average Bonchev–Trinajstić information content (AvgIpc) is 3.03. The summed E-state index contributed by atoms with van der Waals surface area (Å²) in [5, 5.41) is 10.3. The monoisotopic (exact) mass is 309 g/mol. The molecule has 118 valence electrons. The minimum atomic E-state index is -0.103. The number of Topliss-reactive ketones (excluding diaryl/α,β-unsaturated/α-hetero) is 1. The molecule has 4 nitrogen and oxygen atoms in total. The van der Waals surface area contributed by atoms with E-state index in [0.29, 0.717) is 24.1 Å². The maximum absolute atomic E-state index is 12.5. The lowest BCUT2D eigenvalue weighted by Crippen LogP contribution is -2.22. The number of hydrogen-bond acceptors (Lipinski definition) is 4. The Morgan fingerprint density at radius 1 is 1.22 bits per heavy atom. The molecule has 1 aromatic carbocycles. The van der Waals surface area contributed by atoms with E-state index >= 15 is 0 Å². The molecule has 1 N–H and O–H groups in total. The minimum absolute atomic E-state index is 0.0935. The van der Waals surface area contributed by atoms with Gasteiger partial charge in [-0.15, -0.1) is 0 Å². The van der Waals surface area contributed by atoms with E-state index in [4.69, 9.17) is 4.42 Å². The van der Waals surface area contributed by atoms with Gasteiger partial charge in [-0.3, -0.25) is 9.79 Å². The molecule has 2 aromatic rings. The van der Waals surface area contributed by atoms with Crippen molar-refractivity contribution in [3.63, 3.8) is 0 Å². The average molecular weight is 309 g/mol. The molecule has 1 aromatic heterocycles. The molecule has 0 radical (unpaired) electrons. The Morgan fingerprint density at radius 3 is 2.57 bits per heavy atom. The van der Waals surface area contributed by atoms with Crippen molar-refractivity contribution in [1.29, 1.82) is 0 Å². The Kier molecular flexibility index (Phi) is 4.15. The van der Waals surface area contributed by atoms with Gasteiger partial charge in [-0.1, -0.05) is 17.7 Å². The number of carbonyl (C=O) groups is 1. The van der Waals surface area contributed by atoms with E-state index in [1.54, 1.807) is 19.3 Å². The van der Waals surface area contributed by atoms with Crippen molar-refractivity contribution in [2.45, 2.75) is 32.6 Å². The number of nitrogens with zero attached hydrogens (tertiary/aromatic N) is 1. The van der Waals surface area contributed by atoms with Crippen molar-refractivity contribution in [3.05, 3.63) is 65.3 Å². The van der Waals surface area contributed by atoms with Gasteiger partial charge in [-0.2, -0.15) is 0 Å². The molecule has 1 atom stereocenters. The van der Waals surface area contributed by atoms with Gasteiger partial charge in [0, 0.05) is 18.8 Å². The maximum atomic E-state index is 12.5. The molecule has 1 aliphatic carbocycles. The van der Waals surface area contributed by atoms with Crippen LogP contribution in [0.2, 0.25) is 0 Å². The van der Waals surface area contributed by atoms with Gasteiger partial charge < -0.3 is 9.52 Å². The van der Waals surface area contributed by atoms with Crippen molar-refractivity contribution < 1.29 is 14.3 Å². The van der Waals surface area contributed by atoms with Crippen LogP contribution in [-0.2, 0) is 4.79 Å². The van der Waals surface area contributed by atoms with Gasteiger partial charge in [-0.05, 0) is 38.1 Å². The summed E-state index contributed by atoms with van der Waals surface area (Å²) in [5.74, 6) is 0.630. The Hall–Kier alpha value is -2.62. The number of aliphatic imine (C=N–C) groups is 1. The quantitative estimate of drug-likeness (QED) is 0.840. The molecular weight excluding hydrogens is 290 g/mol. The highest BCUT2D eigenvalue weighted by Gasteiger charge is 2.31. The van der Waals surface area contributed by atoms with E-state index in [1.165, 1.54) is 0 Å². The summed E-state index contributed by atoms with van der Waals surface area (Å²) >= 11 is 0. The largest absolute Gasteiger partial charge is 0.511 e. The number of allylic oxidation sites excluding steroid dienone is 2. The highest BCUT2D eigenvalue weighted by molar-refractivity contribution is 6.23. The third kappa shape index (κ3) is 3.26. The van der Waals surface area contributed by atoms with Crippen molar-refractivity contribution in [2.75, 3.05) is 0 Å². The number of rotatable bonds is 3. The first kappa shape index (κ1) is 15.3. The van der Waals surface area contributed by atoms with Crippen molar-refractivity contribution in [1.82, 2.24) is 0 Å². The molecule has 0 spiro atoms. The summed E-state index contributed by atoms with van der Waals surface area (Å²) in [5.41, 5.74) is 2.82. The number of ketones is 1. The van der Waals surface area contributed by atoms with E-state index in [1.807, 2.05) is 37.3 Å².